The number of benzene rings is 1. The first-order chi connectivity index (χ1) is 14.6. The van der Waals surface area contributed by atoms with Gasteiger partial charge in [-0.3, -0.25) is 19.8 Å². The van der Waals surface area contributed by atoms with E-state index < -0.39 is 0 Å². The Morgan fingerprint density at radius 3 is 3.00 bits per heavy atom. The van der Waals surface area contributed by atoms with E-state index in [1.807, 2.05) is 31.2 Å². The minimum Gasteiger partial charge on any atom is -0.492 e. The van der Waals surface area contributed by atoms with Gasteiger partial charge in [-0.25, -0.2) is 4.98 Å². The van der Waals surface area contributed by atoms with Crippen molar-refractivity contribution >= 4 is 34.0 Å². The van der Waals surface area contributed by atoms with E-state index >= 15 is 0 Å². The van der Waals surface area contributed by atoms with Crippen molar-refractivity contribution in [1.82, 2.24) is 9.88 Å². The molecule has 9 heteroatoms. The van der Waals surface area contributed by atoms with Crippen LogP contribution in [0.3, 0.4) is 0 Å². The molecule has 1 unspecified atom stereocenters. The molecule has 2 aliphatic rings. The highest BCUT2D eigenvalue weighted by molar-refractivity contribution is 7.15. The standard InChI is InChI=1S/C21H26N4O4S/c1-2-28-16-7-4-3-6-14(16)22-19(26)13-25-10-9-15-18(12-25)30-21(23-15)24-20(27)17-8-5-11-29-17/h3-4,6-7,17H,2,5,8-13H2,1H3,(H,22,26)(H,23,24,27). The van der Waals surface area contributed by atoms with Gasteiger partial charge in [0.1, 0.15) is 11.9 Å². The third kappa shape index (κ3) is 4.97. The summed E-state index contributed by atoms with van der Waals surface area (Å²) in [7, 11) is 0. The van der Waals surface area contributed by atoms with Gasteiger partial charge >= 0.3 is 0 Å². The Labute approximate surface area is 179 Å². The van der Waals surface area contributed by atoms with Crippen molar-refractivity contribution in [2.24, 2.45) is 0 Å². The van der Waals surface area contributed by atoms with Crippen LogP contribution in [0.2, 0.25) is 0 Å². The van der Waals surface area contributed by atoms with Crippen LogP contribution in [0.1, 0.15) is 30.3 Å². The average Bonchev–Trinajstić information content (AvgIpc) is 3.39. The molecule has 2 aromatic rings. The molecule has 30 heavy (non-hydrogen) atoms. The third-order valence-corrected chi connectivity index (χ3v) is 6.09. The quantitative estimate of drug-likeness (QED) is 0.702. The summed E-state index contributed by atoms with van der Waals surface area (Å²) in [5, 5.41) is 6.43. The lowest BCUT2D eigenvalue weighted by molar-refractivity contribution is -0.124. The Bertz CT molecular complexity index is 910. The Morgan fingerprint density at radius 2 is 2.20 bits per heavy atom. The number of nitrogens with one attached hydrogen (secondary N) is 2. The second-order valence-electron chi connectivity index (χ2n) is 7.32. The van der Waals surface area contributed by atoms with Gasteiger partial charge in [0.2, 0.25) is 5.91 Å². The van der Waals surface area contributed by atoms with E-state index in [0.29, 0.717) is 36.3 Å². The molecule has 1 saturated heterocycles. The third-order valence-electron chi connectivity index (χ3n) is 5.09. The summed E-state index contributed by atoms with van der Waals surface area (Å²) in [6, 6.07) is 7.43. The number of hydrogen-bond donors (Lipinski definition) is 2. The van der Waals surface area contributed by atoms with Gasteiger partial charge in [0.25, 0.3) is 5.91 Å². The molecule has 1 fully saturated rings. The summed E-state index contributed by atoms with van der Waals surface area (Å²) >= 11 is 1.47. The molecule has 1 aromatic heterocycles. The van der Waals surface area contributed by atoms with Gasteiger partial charge in [-0.05, 0) is 31.9 Å². The molecular formula is C21H26N4O4S. The monoisotopic (exact) mass is 430 g/mol. The Hall–Kier alpha value is -2.49. The normalized spacial score (nSPS) is 18.6. The van der Waals surface area contributed by atoms with Gasteiger partial charge in [0, 0.05) is 31.0 Å². The van der Waals surface area contributed by atoms with Crippen LogP contribution < -0.4 is 15.4 Å². The molecule has 2 N–H and O–H groups in total. The van der Waals surface area contributed by atoms with Crippen molar-refractivity contribution in [2.45, 2.75) is 38.8 Å². The molecule has 0 aliphatic carbocycles. The number of thiazole rings is 1. The SMILES string of the molecule is CCOc1ccccc1NC(=O)CN1CCc2nc(NC(=O)C3CCCO3)sc2C1. The molecule has 4 rings (SSSR count). The molecule has 0 bridgehead atoms. The molecule has 0 radical (unpaired) electrons. The molecule has 2 amide bonds. The number of para-hydroxylation sites is 2. The van der Waals surface area contributed by atoms with Gasteiger partial charge < -0.3 is 14.8 Å². The first-order valence-corrected chi connectivity index (χ1v) is 11.1. The molecular weight excluding hydrogens is 404 g/mol. The van der Waals surface area contributed by atoms with E-state index in [1.54, 1.807) is 0 Å². The number of carbonyl (C=O) groups is 2. The van der Waals surface area contributed by atoms with Gasteiger partial charge in [0.15, 0.2) is 5.13 Å². The maximum atomic E-state index is 12.6. The first kappa shape index (κ1) is 20.8. The number of ether oxygens (including phenoxy) is 2. The summed E-state index contributed by atoms with van der Waals surface area (Å²) in [5.74, 6) is 0.466. The summed E-state index contributed by atoms with van der Waals surface area (Å²) in [5.41, 5.74) is 1.68. The number of aromatic nitrogens is 1. The van der Waals surface area contributed by atoms with Gasteiger partial charge in [0.05, 0.1) is 24.5 Å². The molecule has 3 heterocycles. The van der Waals surface area contributed by atoms with E-state index in [0.717, 1.165) is 36.4 Å². The smallest absolute Gasteiger partial charge is 0.255 e. The number of anilines is 2. The number of amides is 2. The zero-order valence-electron chi connectivity index (χ0n) is 17.0. The van der Waals surface area contributed by atoms with Crippen LogP contribution in [0.4, 0.5) is 10.8 Å². The molecule has 0 spiro atoms. The topological polar surface area (TPSA) is 92.8 Å². The molecule has 0 saturated carbocycles. The van der Waals surface area contributed by atoms with Crippen LogP contribution in [-0.2, 0) is 27.3 Å². The van der Waals surface area contributed by atoms with Crippen molar-refractivity contribution in [3.05, 3.63) is 34.8 Å². The fraction of sp³-hybridized carbons (Fsp3) is 0.476. The minimum atomic E-state index is -0.370. The van der Waals surface area contributed by atoms with Crippen molar-refractivity contribution in [3.63, 3.8) is 0 Å². The van der Waals surface area contributed by atoms with Crippen molar-refractivity contribution in [1.29, 1.82) is 0 Å². The highest BCUT2D eigenvalue weighted by Crippen LogP contribution is 2.29. The lowest BCUT2D eigenvalue weighted by Crippen LogP contribution is -2.36. The second kappa shape index (κ2) is 9.55. The summed E-state index contributed by atoms with van der Waals surface area (Å²) < 4.78 is 11.0. The van der Waals surface area contributed by atoms with Crippen molar-refractivity contribution in [2.75, 3.05) is 36.9 Å². The lowest BCUT2D eigenvalue weighted by atomic mass is 10.2. The highest BCUT2D eigenvalue weighted by Gasteiger charge is 2.26. The van der Waals surface area contributed by atoms with E-state index in [4.69, 9.17) is 9.47 Å². The van der Waals surface area contributed by atoms with Crippen molar-refractivity contribution < 1.29 is 19.1 Å². The maximum absolute atomic E-state index is 12.6. The first-order valence-electron chi connectivity index (χ1n) is 10.3. The maximum Gasteiger partial charge on any atom is 0.255 e. The van der Waals surface area contributed by atoms with E-state index in [-0.39, 0.29) is 24.5 Å². The van der Waals surface area contributed by atoms with E-state index in [9.17, 15) is 9.59 Å². The van der Waals surface area contributed by atoms with Crippen LogP contribution >= 0.6 is 11.3 Å². The van der Waals surface area contributed by atoms with Crippen LogP contribution in [0, 0.1) is 0 Å². The fourth-order valence-corrected chi connectivity index (χ4v) is 4.70. The van der Waals surface area contributed by atoms with Crippen LogP contribution in [0.25, 0.3) is 0 Å². The average molecular weight is 431 g/mol. The van der Waals surface area contributed by atoms with Crippen LogP contribution in [-0.4, -0.2) is 54.1 Å². The number of rotatable bonds is 7. The molecule has 2 aliphatic heterocycles. The van der Waals surface area contributed by atoms with Gasteiger partial charge in [-0.1, -0.05) is 12.1 Å². The second-order valence-corrected chi connectivity index (χ2v) is 8.40. The summed E-state index contributed by atoms with van der Waals surface area (Å²) in [6.07, 6.45) is 2.06. The van der Waals surface area contributed by atoms with Crippen LogP contribution in [0.15, 0.2) is 24.3 Å². The van der Waals surface area contributed by atoms with Crippen LogP contribution in [0.5, 0.6) is 5.75 Å². The zero-order valence-corrected chi connectivity index (χ0v) is 17.8. The van der Waals surface area contributed by atoms with E-state index in [1.165, 1.54) is 11.3 Å². The van der Waals surface area contributed by atoms with Gasteiger partial charge in [-0.15, -0.1) is 11.3 Å². The molecule has 160 valence electrons. The Kier molecular flexibility index (Phi) is 6.61. The number of hydrogen-bond acceptors (Lipinski definition) is 7. The molecule has 8 nitrogen and oxygen atoms in total. The Balaban J connectivity index is 1.32. The predicted octanol–water partition coefficient (Wildman–Crippen LogP) is 2.66. The number of nitrogens with zero attached hydrogens (tertiary/aromatic N) is 2. The fourth-order valence-electron chi connectivity index (χ4n) is 3.65. The van der Waals surface area contributed by atoms with Gasteiger partial charge in [-0.2, -0.15) is 0 Å². The number of carbonyl (C=O) groups excluding carboxylic acids is 2. The molecule has 1 aromatic carbocycles. The highest BCUT2D eigenvalue weighted by atomic mass is 32.1. The molecule has 1 atom stereocenters. The number of fused-ring (bicyclic) bond motifs is 1. The lowest BCUT2D eigenvalue weighted by Gasteiger charge is -2.25. The zero-order chi connectivity index (χ0) is 20.9. The minimum absolute atomic E-state index is 0.0815. The Morgan fingerprint density at radius 1 is 1.33 bits per heavy atom. The summed E-state index contributed by atoms with van der Waals surface area (Å²) in [6.45, 7) is 4.77. The van der Waals surface area contributed by atoms with Crippen molar-refractivity contribution in [3.8, 4) is 5.75 Å². The predicted molar refractivity (Wildman–Crippen MR) is 115 cm³/mol. The largest absolute Gasteiger partial charge is 0.492 e. The van der Waals surface area contributed by atoms with E-state index in [2.05, 4.69) is 20.5 Å². The summed E-state index contributed by atoms with van der Waals surface area (Å²) in [4.78, 5) is 32.5.